The number of carbonyl (C=O) groups excluding carboxylic acids is 1. The van der Waals surface area contributed by atoms with Crippen molar-refractivity contribution in [1.82, 2.24) is 9.78 Å². The lowest BCUT2D eigenvalue weighted by Crippen LogP contribution is -2.17. The highest BCUT2D eigenvalue weighted by Gasteiger charge is 2.42. The average Bonchev–Trinajstić information content (AvgIpc) is 3.59. The maximum absolute atomic E-state index is 13.3. The van der Waals surface area contributed by atoms with Gasteiger partial charge in [-0.05, 0) is 49.2 Å². The van der Waals surface area contributed by atoms with Crippen LogP contribution in [0.2, 0.25) is 10.0 Å². The van der Waals surface area contributed by atoms with Crippen LogP contribution in [0.25, 0.3) is 0 Å². The summed E-state index contributed by atoms with van der Waals surface area (Å²) in [5, 5.41) is 6.12. The summed E-state index contributed by atoms with van der Waals surface area (Å²) >= 11 is 11.8. The van der Waals surface area contributed by atoms with Crippen molar-refractivity contribution in [2.45, 2.75) is 47.7 Å². The van der Waals surface area contributed by atoms with Crippen molar-refractivity contribution in [3.63, 3.8) is 0 Å². The first-order chi connectivity index (χ1) is 16.9. The molecular formula is C23H20Cl2F3N3O4S. The number of sulfone groups is 1. The van der Waals surface area contributed by atoms with Crippen LogP contribution in [0, 0.1) is 0 Å². The van der Waals surface area contributed by atoms with Gasteiger partial charge in [-0.15, -0.1) is 0 Å². The van der Waals surface area contributed by atoms with Crippen molar-refractivity contribution in [2.24, 2.45) is 0 Å². The van der Waals surface area contributed by atoms with E-state index in [4.69, 9.17) is 27.9 Å². The summed E-state index contributed by atoms with van der Waals surface area (Å²) in [6.07, 6.45) is -3.53. The van der Waals surface area contributed by atoms with Crippen LogP contribution < -0.4 is 10.1 Å². The molecule has 1 aromatic heterocycles. The van der Waals surface area contributed by atoms with Crippen molar-refractivity contribution < 1.29 is 31.1 Å². The highest BCUT2D eigenvalue weighted by atomic mass is 35.5. The van der Waals surface area contributed by atoms with E-state index < -0.39 is 32.6 Å². The summed E-state index contributed by atoms with van der Waals surface area (Å²) in [5.41, 5.74) is -0.755. The number of anilines is 1. The smallest absolute Gasteiger partial charge is 0.436 e. The third kappa shape index (κ3) is 5.63. The van der Waals surface area contributed by atoms with Gasteiger partial charge in [0.2, 0.25) is 15.7 Å². The van der Waals surface area contributed by atoms with Gasteiger partial charge in [0.1, 0.15) is 5.75 Å². The number of nitrogens with one attached hydrogen (secondary N) is 1. The van der Waals surface area contributed by atoms with Crippen LogP contribution in [0.15, 0.2) is 52.3 Å². The molecule has 1 fully saturated rings. The molecule has 1 aliphatic carbocycles. The molecule has 2 aromatic carbocycles. The molecule has 1 heterocycles. The number of nitrogens with zero attached hydrogens (tertiary/aromatic N) is 2. The molecule has 0 spiro atoms. The molecule has 0 bridgehead atoms. The van der Waals surface area contributed by atoms with Gasteiger partial charge in [-0.3, -0.25) is 9.48 Å². The number of ether oxygens (including phenoxy) is 1. The lowest BCUT2D eigenvalue weighted by molar-refractivity contribution is -0.141. The van der Waals surface area contributed by atoms with Crippen molar-refractivity contribution in [1.29, 1.82) is 0 Å². The first-order valence-corrected chi connectivity index (χ1v) is 13.0. The summed E-state index contributed by atoms with van der Waals surface area (Å²) in [6, 6.07) is 9.62. The molecule has 13 heteroatoms. The summed E-state index contributed by atoms with van der Waals surface area (Å²) < 4.78 is 72.2. The zero-order chi connectivity index (χ0) is 26.3. The molecule has 0 unspecified atom stereocenters. The predicted octanol–water partition coefficient (Wildman–Crippen LogP) is 5.96. The number of hydrogen-bond acceptors (Lipinski definition) is 5. The molecule has 0 radical (unpaired) electrons. The third-order valence-corrected chi connectivity index (χ3v) is 7.92. The average molecular weight is 562 g/mol. The van der Waals surface area contributed by atoms with E-state index in [-0.39, 0.29) is 45.8 Å². The second-order valence-corrected chi connectivity index (χ2v) is 11.0. The maximum Gasteiger partial charge on any atom is 0.436 e. The van der Waals surface area contributed by atoms with E-state index in [1.807, 2.05) is 0 Å². The predicted molar refractivity (Wildman–Crippen MR) is 127 cm³/mol. The Morgan fingerprint density at radius 2 is 1.81 bits per heavy atom. The second-order valence-electron chi connectivity index (χ2n) is 8.20. The molecule has 1 N–H and O–H groups in total. The fourth-order valence-corrected chi connectivity index (χ4v) is 5.49. The van der Waals surface area contributed by atoms with Crippen LogP contribution in [0.4, 0.5) is 18.9 Å². The van der Waals surface area contributed by atoms with Crippen LogP contribution in [-0.4, -0.2) is 31.2 Å². The topological polar surface area (TPSA) is 90.3 Å². The molecule has 1 aliphatic rings. The van der Waals surface area contributed by atoms with Gasteiger partial charge >= 0.3 is 6.18 Å². The van der Waals surface area contributed by atoms with Gasteiger partial charge in [0.25, 0.3) is 0 Å². The number of rotatable bonds is 8. The standard InChI is InChI=1S/C23H20Cl2F3N3O4S/c1-35-16-10-15(11-18(12-16)36(33,34)17-6-4-14(24)5-7-17)29-19(32)8-9-31-21(13-2-3-13)20(25)22(30-31)23(26,27)28/h4-7,10-13H,2-3,8-9H2,1H3,(H,29,32). The summed E-state index contributed by atoms with van der Waals surface area (Å²) in [7, 11) is -2.61. The number of amides is 1. The van der Waals surface area contributed by atoms with E-state index in [1.165, 1.54) is 49.6 Å². The number of hydrogen-bond donors (Lipinski definition) is 1. The lowest BCUT2D eigenvalue weighted by atomic mass is 10.2. The summed E-state index contributed by atoms with van der Waals surface area (Å²) in [5.74, 6) is -0.492. The minimum atomic E-state index is -4.71. The fraction of sp³-hybridized carbons (Fsp3) is 0.304. The van der Waals surface area contributed by atoms with Gasteiger partial charge in [-0.1, -0.05) is 23.2 Å². The molecule has 7 nitrogen and oxygen atoms in total. The Balaban J connectivity index is 1.53. The number of methoxy groups -OCH3 is 1. The lowest BCUT2D eigenvalue weighted by Gasteiger charge is -2.12. The Bertz CT molecular complexity index is 1400. The van der Waals surface area contributed by atoms with Gasteiger partial charge in [0, 0.05) is 29.1 Å². The first-order valence-electron chi connectivity index (χ1n) is 10.7. The number of carbonyl (C=O) groups is 1. The quantitative estimate of drug-likeness (QED) is 0.366. The van der Waals surface area contributed by atoms with E-state index in [0.717, 1.165) is 4.68 Å². The molecule has 3 aromatic rings. The van der Waals surface area contributed by atoms with Crippen LogP contribution in [0.5, 0.6) is 5.75 Å². The number of aryl methyl sites for hydroxylation is 1. The van der Waals surface area contributed by atoms with Crippen molar-refractivity contribution in [3.05, 3.63) is 63.9 Å². The number of benzene rings is 2. The highest BCUT2D eigenvalue weighted by molar-refractivity contribution is 7.91. The Labute approximate surface area is 215 Å². The molecule has 0 saturated heterocycles. The molecular weight excluding hydrogens is 542 g/mol. The highest BCUT2D eigenvalue weighted by Crippen LogP contribution is 2.47. The van der Waals surface area contributed by atoms with E-state index in [0.29, 0.717) is 17.9 Å². The zero-order valence-corrected chi connectivity index (χ0v) is 21.1. The van der Waals surface area contributed by atoms with Crippen LogP contribution in [0.3, 0.4) is 0 Å². The SMILES string of the molecule is COc1cc(NC(=O)CCn2nc(C(F)(F)F)c(Cl)c2C2CC2)cc(S(=O)(=O)c2ccc(Cl)cc2)c1. The minimum Gasteiger partial charge on any atom is -0.497 e. The molecule has 0 atom stereocenters. The van der Waals surface area contributed by atoms with Crippen LogP contribution >= 0.6 is 23.2 Å². The molecule has 4 rings (SSSR count). The zero-order valence-electron chi connectivity index (χ0n) is 18.8. The second kappa shape index (κ2) is 9.95. The van der Waals surface area contributed by atoms with Gasteiger partial charge in [0.05, 0.1) is 34.2 Å². The van der Waals surface area contributed by atoms with Crippen LogP contribution in [-0.2, 0) is 27.4 Å². The minimum absolute atomic E-state index is 0.000986. The molecule has 0 aliphatic heterocycles. The van der Waals surface area contributed by atoms with E-state index in [1.54, 1.807) is 0 Å². The van der Waals surface area contributed by atoms with Gasteiger partial charge < -0.3 is 10.1 Å². The molecule has 1 saturated carbocycles. The molecule has 1 amide bonds. The number of halogens is 5. The summed E-state index contributed by atoms with van der Waals surface area (Å²) in [4.78, 5) is 12.5. The monoisotopic (exact) mass is 561 g/mol. The maximum atomic E-state index is 13.3. The Morgan fingerprint density at radius 1 is 1.14 bits per heavy atom. The number of aromatic nitrogens is 2. The van der Waals surface area contributed by atoms with E-state index in [9.17, 15) is 26.4 Å². The summed E-state index contributed by atoms with van der Waals surface area (Å²) in [6.45, 7) is -0.132. The first kappa shape index (κ1) is 26.3. The Kier molecular flexibility index (Phi) is 7.27. The van der Waals surface area contributed by atoms with E-state index >= 15 is 0 Å². The fourth-order valence-electron chi connectivity index (χ4n) is 3.65. The van der Waals surface area contributed by atoms with Gasteiger partial charge in [-0.25, -0.2) is 8.42 Å². The van der Waals surface area contributed by atoms with Gasteiger partial charge in [0.15, 0.2) is 5.69 Å². The molecule has 36 heavy (non-hydrogen) atoms. The Hall–Kier alpha value is -2.76. The molecule has 192 valence electrons. The largest absolute Gasteiger partial charge is 0.497 e. The van der Waals surface area contributed by atoms with Gasteiger partial charge in [-0.2, -0.15) is 18.3 Å². The van der Waals surface area contributed by atoms with Crippen molar-refractivity contribution in [3.8, 4) is 5.75 Å². The van der Waals surface area contributed by atoms with Crippen LogP contribution in [0.1, 0.15) is 36.6 Å². The normalized spacial score (nSPS) is 14.1. The van der Waals surface area contributed by atoms with Crippen molar-refractivity contribution >= 4 is 44.6 Å². The van der Waals surface area contributed by atoms with Crippen molar-refractivity contribution in [2.75, 3.05) is 12.4 Å². The third-order valence-electron chi connectivity index (χ3n) is 5.55. The van der Waals surface area contributed by atoms with E-state index in [2.05, 4.69) is 10.4 Å². The Morgan fingerprint density at radius 3 is 2.39 bits per heavy atom. The number of alkyl halides is 3.